The Morgan fingerprint density at radius 1 is 0.536 bits per heavy atom. The molecule has 0 aliphatic heterocycles. The molecule has 4 nitrogen and oxygen atoms in total. The fourth-order valence-electron chi connectivity index (χ4n) is 6.24. The maximum absolute atomic E-state index is 12.9. The highest BCUT2D eigenvalue weighted by atomic mass is 19.4. The Kier molecular flexibility index (Phi) is 12.3. The fraction of sp³-hybridized carbons (Fsp3) is 0.217. The predicted molar refractivity (Wildman–Crippen MR) is 211 cm³/mol. The first kappa shape index (κ1) is 41.1. The number of carbonyl (C=O) groups excluding carboxylic acids is 2. The Labute approximate surface area is 321 Å². The molecule has 0 aliphatic rings. The number of alkyl halides is 6. The van der Waals surface area contributed by atoms with Crippen LogP contribution in [0.2, 0.25) is 0 Å². The van der Waals surface area contributed by atoms with Crippen molar-refractivity contribution in [1.29, 1.82) is 0 Å². The molecule has 0 spiro atoms. The lowest BCUT2D eigenvalue weighted by molar-refractivity contribution is -0.138. The van der Waals surface area contributed by atoms with Gasteiger partial charge in [-0.15, -0.1) is 5.92 Å². The minimum absolute atomic E-state index is 0.00609. The molecule has 0 saturated carbocycles. The fourth-order valence-corrected chi connectivity index (χ4v) is 6.24. The molecule has 6 aromatic carbocycles. The van der Waals surface area contributed by atoms with E-state index in [9.17, 15) is 35.9 Å². The van der Waals surface area contributed by atoms with E-state index in [0.29, 0.717) is 22.3 Å². The summed E-state index contributed by atoms with van der Waals surface area (Å²) in [5, 5.41) is 9.14. The molecule has 2 amide bonds. The van der Waals surface area contributed by atoms with E-state index < -0.39 is 23.5 Å². The first-order valence-electron chi connectivity index (χ1n) is 17.9. The summed E-state index contributed by atoms with van der Waals surface area (Å²) in [6.45, 7) is 11.2. The quantitative estimate of drug-likeness (QED) is 0.131. The predicted octanol–water partition coefficient (Wildman–Crippen LogP) is 12.0. The first-order valence-corrected chi connectivity index (χ1v) is 17.9. The monoisotopic (exact) mass is 766 g/mol. The highest BCUT2D eigenvalue weighted by Crippen LogP contribution is 2.36. The summed E-state index contributed by atoms with van der Waals surface area (Å²) < 4.78 is 77.0. The first-order chi connectivity index (χ1) is 26.4. The van der Waals surface area contributed by atoms with Crippen LogP contribution < -0.4 is 10.6 Å². The minimum atomic E-state index is -4.38. The third kappa shape index (κ3) is 9.58. The van der Waals surface area contributed by atoms with Gasteiger partial charge in [-0.05, 0) is 146 Å². The van der Waals surface area contributed by atoms with Crippen LogP contribution in [-0.2, 0) is 12.4 Å². The van der Waals surface area contributed by atoms with Crippen LogP contribution in [0.25, 0.3) is 43.8 Å². The summed E-state index contributed by atoms with van der Waals surface area (Å²) in [5.74, 6) is 5.57. The lowest BCUT2D eigenvalue weighted by Crippen LogP contribution is -2.30. The number of hydrogen-bond acceptors (Lipinski definition) is 2. The standard InChI is InChI=1S/C24H20F3NO.C22H20F3NO/c1-4-5-16-8-12-20(17-6-10-19(11-7-17)24(25,26)27)21-13-9-18(14-22(16)21)23(29)28-15(2)3;1-13(2)26-21(27)16-7-11-19-18(10-4-14(3)20(19)12-16)15-5-8-17(9-6-15)22(23,24)25/h6-15H,1-3H3,(H,28,29);4-13H,1-3H3,(H,26,27). The summed E-state index contributed by atoms with van der Waals surface area (Å²) in [7, 11) is 0. The summed E-state index contributed by atoms with van der Waals surface area (Å²) >= 11 is 0. The van der Waals surface area contributed by atoms with E-state index in [4.69, 9.17) is 0 Å². The molecule has 0 radical (unpaired) electrons. The van der Waals surface area contributed by atoms with Gasteiger partial charge in [0.15, 0.2) is 0 Å². The molecule has 56 heavy (non-hydrogen) atoms. The lowest BCUT2D eigenvalue weighted by Gasteiger charge is -2.13. The van der Waals surface area contributed by atoms with Crippen LogP contribution in [0.4, 0.5) is 26.3 Å². The molecule has 6 rings (SSSR count). The molecule has 0 atom stereocenters. The van der Waals surface area contributed by atoms with Crippen molar-refractivity contribution < 1.29 is 35.9 Å². The number of nitrogens with one attached hydrogen (secondary N) is 2. The Morgan fingerprint density at radius 3 is 1.36 bits per heavy atom. The van der Waals surface area contributed by atoms with E-state index in [0.717, 1.165) is 68.1 Å². The van der Waals surface area contributed by atoms with Gasteiger partial charge in [0, 0.05) is 28.8 Å². The van der Waals surface area contributed by atoms with E-state index in [1.54, 1.807) is 25.1 Å². The van der Waals surface area contributed by atoms with Gasteiger partial charge in [0.25, 0.3) is 11.8 Å². The third-order valence-electron chi connectivity index (χ3n) is 8.92. The molecular formula is C46H40F6N2O2. The number of benzene rings is 6. The van der Waals surface area contributed by atoms with Gasteiger partial charge < -0.3 is 10.6 Å². The van der Waals surface area contributed by atoms with Gasteiger partial charge in [0.05, 0.1) is 11.1 Å². The van der Waals surface area contributed by atoms with E-state index in [1.165, 1.54) is 24.3 Å². The van der Waals surface area contributed by atoms with Crippen LogP contribution in [0.1, 0.15) is 77.6 Å². The van der Waals surface area contributed by atoms with Gasteiger partial charge in [-0.3, -0.25) is 9.59 Å². The van der Waals surface area contributed by atoms with Crippen molar-refractivity contribution in [3.05, 3.63) is 143 Å². The summed E-state index contributed by atoms with van der Waals surface area (Å²) in [6, 6.07) is 28.5. The third-order valence-corrected chi connectivity index (χ3v) is 8.92. The number of aryl methyl sites for hydroxylation is 1. The van der Waals surface area contributed by atoms with Crippen molar-refractivity contribution >= 4 is 33.4 Å². The van der Waals surface area contributed by atoms with Gasteiger partial charge in [0.2, 0.25) is 0 Å². The Balaban J connectivity index is 0.000000215. The van der Waals surface area contributed by atoms with Crippen molar-refractivity contribution in [2.75, 3.05) is 0 Å². The molecule has 0 saturated heterocycles. The second kappa shape index (κ2) is 16.7. The summed E-state index contributed by atoms with van der Waals surface area (Å²) in [6.07, 6.45) is -8.73. The zero-order chi connectivity index (χ0) is 40.9. The summed E-state index contributed by atoms with van der Waals surface area (Å²) in [5.41, 5.74) is 4.45. The molecule has 2 N–H and O–H groups in total. The molecule has 10 heteroatoms. The number of rotatable bonds is 6. The molecule has 0 aliphatic carbocycles. The van der Waals surface area contributed by atoms with Crippen molar-refractivity contribution in [1.82, 2.24) is 10.6 Å². The van der Waals surface area contributed by atoms with Gasteiger partial charge in [-0.2, -0.15) is 26.3 Å². The molecular weight excluding hydrogens is 727 g/mol. The second-order valence-corrected chi connectivity index (χ2v) is 13.9. The van der Waals surface area contributed by atoms with E-state index in [-0.39, 0.29) is 23.9 Å². The second-order valence-electron chi connectivity index (χ2n) is 13.9. The van der Waals surface area contributed by atoms with Gasteiger partial charge in [0.1, 0.15) is 0 Å². The van der Waals surface area contributed by atoms with Crippen molar-refractivity contribution in [2.24, 2.45) is 0 Å². The molecule has 0 heterocycles. The number of amides is 2. The maximum Gasteiger partial charge on any atom is 0.416 e. The molecule has 0 aromatic heterocycles. The van der Waals surface area contributed by atoms with Crippen molar-refractivity contribution in [3.63, 3.8) is 0 Å². The number of hydrogen-bond donors (Lipinski definition) is 2. The normalized spacial score (nSPS) is 11.5. The Hall–Kier alpha value is -6.08. The molecule has 288 valence electrons. The minimum Gasteiger partial charge on any atom is -0.350 e. The van der Waals surface area contributed by atoms with Crippen molar-refractivity contribution in [2.45, 2.75) is 66.0 Å². The highest BCUT2D eigenvalue weighted by molar-refractivity contribution is 6.05. The van der Waals surface area contributed by atoms with Crippen LogP contribution in [0.3, 0.4) is 0 Å². The average Bonchev–Trinajstić information content (AvgIpc) is 3.14. The number of halogens is 6. The molecule has 0 fully saturated rings. The lowest BCUT2D eigenvalue weighted by atomic mass is 9.93. The SMILES string of the molecule is CC#Cc1ccc(-c2ccc(C(F)(F)F)cc2)c2ccc(C(=O)NC(C)C)cc12.Cc1ccc(-c2ccc(C(F)(F)F)cc2)c2ccc(C(=O)NC(C)C)cc12. The topological polar surface area (TPSA) is 58.2 Å². The van der Waals surface area contributed by atoms with Gasteiger partial charge in [-0.1, -0.05) is 60.5 Å². The molecule has 6 aromatic rings. The largest absolute Gasteiger partial charge is 0.416 e. The van der Waals surface area contributed by atoms with Crippen molar-refractivity contribution in [3.8, 4) is 34.1 Å². The molecule has 0 bridgehead atoms. The van der Waals surface area contributed by atoms with Crippen LogP contribution in [-0.4, -0.2) is 23.9 Å². The average molecular weight is 767 g/mol. The number of fused-ring (bicyclic) bond motifs is 2. The van der Waals surface area contributed by atoms with Gasteiger partial charge in [-0.25, -0.2) is 0 Å². The highest BCUT2D eigenvalue weighted by Gasteiger charge is 2.31. The van der Waals surface area contributed by atoms with Crippen LogP contribution in [0.5, 0.6) is 0 Å². The maximum atomic E-state index is 12.9. The van der Waals surface area contributed by atoms with E-state index in [2.05, 4.69) is 22.5 Å². The van der Waals surface area contributed by atoms with Gasteiger partial charge >= 0.3 is 12.4 Å². The smallest absolute Gasteiger partial charge is 0.350 e. The van der Waals surface area contributed by atoms with Crippen LogP contribution >= 0.6 is 0 Å². The van der Waals surface area contributed by atoms with E-state index >= 15 is 0 Å². The number of carbonyl (C=O) groups is 2. The molecule has 0 unspecified atom stereocenters. The van der Waals surface area contributed by atoms with E-state index in [1.807, 2.05) is 77.1 Å². The van der Waals surface area contributed by atoms with Crippen LogP contribution in [0.15, 0.2) is 109 Å². The Morgan fingerprint density at radius 2 is 0.946 bits per heavy atom. The zero-order valence-electron chi connectivity index (χ0n) is 31.6. The van der Waals surface area contributed by atoms with Crippen LogP contribution in [0, 0.1) is 18.8 Å². The zero-order valence-corrected chi connectivity index (χ0v) is 31.6. The summed E-state index contributed by atoms with van der Waals surface area (Å²) in [4.78, 5) is 24.7. The Bertz CT molecular complexity index is 2450.